The van der Waals surface area contributed by atoms with Gasteiger partial charge in [-0.1, -0.05) is 32.3 Å². The van der Waals surface area contributed by atoms with Crippen molar-refractivity contribution in [3.63, 3.8) is 0 Å². The molecule has 6 nitrogen and oxygen atoms in total. The summed E-state index contributed by atoms with van der Waals surface area (Å²) in [4.78, 5) is 6.62. The van der Waals surface area contributed by atoms with Gasteiger partial charge in [0.2, 0.25) is 0 Å². The Labute approximate surface area is 140 Å². The Bertz CT molecular complexity index is 448. The number of likely N-dealkylation sites (N-methyl/N-ethyl adjacent to an activating group) is 1. The van der Waals surface area contributed by atoms with Crippen LogP contribution in [0.1, 0.15) is 50.6 Å². The van der Waals surface area contributed by atoms with Crippen molar-refractivity contribution >= 4 is 5.96 Å². The number of nitrogens with zero attached hydrogens (tertiary/aromatic N) is 3. The summed E-state index contributed by atoms with van der Waals surface area (Å²) in [6.45, 7) is 10.1. The van der Waals surface area contributed by atoms with Crippen LogP contribution in [-0.4, -0.2) is 49.7 Å². The van der Waals surface area contributed by atoms with Crippen LogP contribution in [0.15, 0.2) is 9.52 Å². The van der Waals surface area contributed by atoms with Crippen LogP contribution in [0.3, 0.4) is 0 Å². The molecule has 0 atom stereocenters. The minimum Gasteiger partial charge on any atom is -0.361 e. The Morgan fingerprint density at radius 1 is 1.17 bits per heavy atom. The van der Waals surface area contributed by atoms with Gasteiger partial charge < -0.3 is 20.1 Å². The van der Waals surface area contributed by atoms with Crippen molar-refractivity contribution in [3.05, 3.63) is 17.0 Å². The van der Waals surface area contributed by atoms with E-state index in [1.807, 2.05) is 0 Å². The largest absolute Gasteiger partial charge is 0.361 e. The average molecular weight is 323 g/mol. The van der Waals surface area contributed by atoms with Crippen molar-refractivity contribution in [2.75, 3.05) is 33.7 Å². The number of hydrogen-bond acceptors (Lipinski definition) is 4. The number of nitrogens with one attached hydrogen (secondary N) is 2. The van der Waals surface area contributed by atoms with Crippen LogP contribution in [-0.2, 0) is 19.4 Å². The number of guanidine groups is 1. The third-order valence-corrected chi connectivity index (χ3v) is 3.94. The van der Waals surface area contributed by atoms with E-state index in [-0.39, 0.29) is 0 Å². The Balaban J connectivity index is 2.41. The number of aryl methyl sites for hydroxylation is 2. The van der Waals surface area contributed by atoms with Gasteiger partial charge in [-0.3, -0.25) is 4.99 Å². The molecule has 0 unspecified atom stereocenters. The number of aliphatic imine (C=N–C) groups is 1. The van der Waals surface area contributed by atoms with Crippen molar-refractivity contribution < 1.29 is 4.52 Å². The van der Waals surface area contributed by atoms with Crippen LogP contribution < -0.4 is 10.6 Å². The van der Waals surface area contributed by atoms with Gasteiger partial charge >= 0.3 is 0 Å². The van der Waals surface area contributed by atoms with Gasteiger partial charge in [-0.2, -0.15) is 0 Å². The van der Waals surface area contributed by atoms with Gasteiger partial charge in [-0.05, 0) is 26.4 Å². The van der Waals surface area contributed by atoms with E-state index in [0.29, 0.717) is 6.54 Å². The van der Waals surface area contributed by atoms with Gasteiger partial charge in [0.1, 0.15) is 5.76 Å². The highest BCUT2D eigenvalue weighted by atomic mass is 16.5. The zero-order chi connectivity index (χ0) is 17.1. The lowest BCUT2D eigenvalue weighted by Gasteiger charge is -2.18. The van der Waals surface area contributed by atoms with Crippen LogP contribution in [0.4, 0.5) is 0 Å². The van der Waals surface area contributed by atoms with E-state index in [2.05, 4.69) is 53.5 Å². The van der Waals surface area contributed by atoms with Gasteiger partial charge in [0.05, 0.1) is 5.69 Å². The average Bonchev–Trinajstić information content (AvgIpc) is 2.97. The molecule has 6 heteroatoms. The highest BCUT2D eigenvalue weighted by molar-refractivity contribution is 5.79. The van der Waals surface area contributed by atoms with Gasteiger partial charge in [0, 0.05) is 38.7 Å². The fraction of sp³-hybridized carbons (Fsp3) is 0.765. The second-order valence-electron chi connectivity index (χ2n) is 5.75. The molecular weight excluding hydrogens is 290 g/mol. The smallest absolute Gasteiger partial charge is 0.191 e. The Morgan fingerprint density at radius 3 is 2.57 bits per heavy atom. The predicted molar refractivity (Wildman–Crippen MR) is 95.9 cm³/mol. The van der Waals surface area contributed by atoms with Crippen molar-refractivity contribution in [1.82, 2.24) is 20.7 Å². The minimum atomic E-state index is 0.696. The molecule has 0 aliphatic carbocycles. The quantitative estimate of drug-likeness (QED) is 0.510. The van der Waals surface area contributed by atoms with E-state index in [1.54, 1.807) is 7.05 Å². The van der Waals surface area contributed by atoms with E-state index in [4.69, 9.17) is 4.52 Å². The Morgan fingerprint density at radius 2 is 1.96 bits per heavy atom. The molecule has 0 aliphatic rings. The number of unbranched alkanes of at least 4 members (excludes halogenated alkanes) is 1. The topological polar surface area (TPSA) is 65.7 Å². The summed E-state index contributed by atoms with van der Waals surface area (Å²) in [5.41, 5.74) is 2.20. The molecule has 0 spiro atoms. The maximum absolute atomic E-state index is 5.39. The molecule has 0 aliphatic heterocycles. The molecule has 0 bridgehead atoms. The third kappa shape index (κ3) is 6.60. The van der Waals surface area contributed by atoms with Crippen LogP contribution in [0, 0.1) is 0 Å². The van der Waals surface area contributed by atoms with Crippen molar-refractivity contribution in [1.29, 1.82) is 0 Å². The van der Waals surface area contributed by atoms with Gasteiger partial charge in [-0.15, -0.1) is 0 Å². The van der Waals surface area contributed by atoms with Crippen molar-refractivity contribution in [3.8, 4) is 0 Å². The van der Waals surface area contributed by atoms with E-state index >= 15 is 0 Å². The summed E-state index contributed by atoms with van der Waals surface area (Å²) >= 11 is 0. The second kappa shape index (κ2) is 11.0. The molecule has 1 aromatic heterocycles. The highest BCUT2D eigenvalue weighted by Gasteiger charge is 2.13. The lowest BCUT2D eigenvalue weighted by atomic mass is 10.1. The van der Waals surface area contributed by atoms with E-state index in [1.165, 1.54) is 12.8 Å². The SMILES string of the molecule is CCCCN(C)CCNC(=NC)NCc1c(CC)noc1CC. The van der Waals surface area contributed by atoms with Crippen LogP contribution in [0.2, 0.25) is 0 Å². The van der Waals surface area contributed by atoms with Gasteiger partial charge in [-0.25, -0.2) is 0 Å². The van der Waals surface area contributed by atoms with Crippen molar-refractivity contribution in [2.45, 2.75) is 53.0 Å². The fourth-order valence-electron chi connectivity index (χ4n) is 2.44. The molecule has 0 saturated carbocycles. The first-order chi connectivity index (χ1) is 11.2. The fourth-order valence-corrected chi connectivity index (χ4v) is 2.44. The molecule has 132 valence electrons. The van der Waals surface area contributed by atoms with E-state index in [0.717, 1.165) is 55.5 Å². The first-order valence-corrected chi connectivity index (χ1v) is 8.75. The summed E-state index contributed by atoms with van der Waals surface area (Å²) in [6.07, 6.45) is 4.23. The summed E-state index contributed by atoms with van der Waals surface area (Å²) in [6, 6.07) is 0. The monoisotopic (exact) mass is 323 g/mol. The number of hydrogen-bond donors (Lipinski definition) is 2. The molecular formula is C17H33N5O. The number of rotatable bonds is 10. The van der Waals surface area contributed by atoms with Crippen molar-refractivity contribution in [2.24, 2.45) is 4.99 Å². The molecule has 0 radical (unpaired) electrons. The Hall–Kier alpha value is -1.56. The lowest BCUT2D eigenvalue weighted by Crippen LogP contribution is -2.40. The molecule has 1 rings (SSSR count). The van der Waals surface area contributed by atoms with Gasteiger partial charge in [0.15, 0.2) is 5.96 Å². The molecule has 0 aromatic carbocycles. The molecule has 0 saturated heterocycles. The van der Waals surface area contributed by atoms with Gasteiger partial charge in [0.25, 0.3) is 0 Å². The molecule has 0 amide bonds. The summed E-state index contributed by atoms with van der Waals surface area (Å²) < 4.78 is 5.39. The van der Waals surface area contributed by atoms with Crippen LogP contribution in [0.5, 0.6) is 0 Å². The maximum atomic E-state index is 5.39. The molecule has 0 fully saturated rings. The maximum Gasteiger partial charge on any atom is 0.191 e. The second-order valence-corrected chi connectivity index (χ2v) is 5.75. The lowest BCUT2D eigenvalue weighted by molar-refractivity contribution is 0.332. The highest BCUT2D eigenvalue weighted by Crippen LogP contribution is 2.15. The van der Waals surface area contributed by atoms with Crippen LogP contribution in [0.25, 0.3) is 0 Å². The minimum absolute atomic E-state index is 0.696. The molecule has 23 heavy (non-hydrogen) atoms. The normalized spacial score (nSPS) is 12.0. The Kier molecular flexibility index (Phi) is 9.36. The first kappa shape index (κ1) is 19.5. The first-order valence-electron chi connectivity index (χ1n) is 8.75. The predicted octanol–water partition coefficient (Wildman–Crippen LogP) is 2.20. The zero-order valence-corrected chi connectivity index (χ0v) is 15.4. The number of aromatic nitrogens is 1. The molecule has 2 N–H and O–H groups in total. The third-order valence-electron chi connectivity index (χ3n) is 3.94. The summed E-state index contributed by atoms with van der Waals surface area (Å²) in [5.74, 6) is 1.78. The van der Waals surface area contributed by atoms with E-state index in [9.17, 15) is 0 Å². The van der Waals surface area contributed by atoms with Crippen LogP contribution >= 0.6 is 0 Å². The standard InChI is InChI=1S/C17H33N5O/c1-6-9-11-22(5)12-10-19-17(18-4)20-13-14-15(7-2)21-23-16(14)8-3/h6-13H2,1-5H3,(H2,18,19,20). The summed E-state index contributed by atoms with van der Waals surface area (Å²) in [7, 11) is 3.96. The van der Waals surface area contributed by atoms with E-state index < -0.39 is 0 Å². The zero-order valence-electron chi connectivity index (χ0n) is 15.4. The summed E-state index contributed by atoms with van der Waals surface area (Å²) in [5, 5.41) is 10.9. The molecule has 1 heterocycles. The molecule has 1 aromatic rings.